The Balaban J connectivity index is 1.73. The second-order valence-corrected chi connectivity index (χ2v) is 7.16. The van der Waals surface area contributed by atoms with Gasteiger partial charge in [-0.3, -0.25) is 14.6 Å². The highest BCUT2D eigenvalue weighted by atomic mass is 19.4. The summed E-state index contributed by atoms with van der Waals surface area (Å²) in [7, 11) is 0. The van der Waals surface area contributed by atoms with E-state index < -0.39 is 12.7 Å². The number of halogens is 3. The van der Waals surface area contributed by atoms with E-state index in [0.717, 1.165) is 49.8 Å². The van der Waals surface area contributed by atoms with Crippen LogP contribution in [0, 0.1) is 19.8 Å². The van der Waals surface area contributed by atoms with Crippen molar-refractivity contribution in [1.82, 2.24) is 25.3 Å². The van der Waals surface area contributed by atoms with Crippen LogP contribution in [0.5, 0.6) is 0 Å². The minimum absolute atomic E-state index is 0.178. The molecule has 0 radical (unpaired) electrons. The summed E-state index contributed by atoms with van der Waals surface area (Å²) in [5, 5.41) is 10.9. The average Bonchev–Trinajstić information content (AvgIpc) is 3.13. The first-order chi connectivity index (χ1) is 12.8. The zero-order chi connectivity index (χ0) is 19.9. The van der Waals surface area contributed by atoms with Gasteiger partial charge in [0.2, 0.25) is 0 Å². The van der Waals surface area contributed by atoms with Crippen LogP contribution in [0.3, 0.4) is 0 Å². The third kappa shape index (κ3) is 7.78. The molecule has 1 fully saturated rings. The Morgan fingerprint density at radius 3 is 2.74 bits per heavy atom. The molecule has 1 aliphatic heterocycles. The molecule has 1 atom stereocenters. The quantitative estimate of drug-likeness (QED) is 0.408. The number of hydrogen-bond acceptors (Lipinski definition) is 3. The van der Waals surface area contributed by atoms with Crippen LogP contribution in [0.1, 0.15) is 31.2 Å². The molecule has 1 unspecified atom stereocenters. The first-order valence-electron chi connectivity index (χ1n) is 9.59. The third-order valence-electron chi connectivity index (χ3n) is 4.57. The van der Waals surface area contributed by atoms with Gasteiger partial charge in [0.25, 0.3) is 0 Å². The Bertz CT molecular complexity index is 611. The maximum absolute atomic E-state index is 12.5. The second kappa shape index (κ2) is 9.96. The Labute approximate surface area is 159 Å². The van der Waals surface area contributed by atoms with Crippen LogP contribution >= 0.6 is 0 Å². The van der Waals surface area contributed by atoms with Crippen molar-refractivity contribution >= 4 is 5.96 Å². The molecule has 0 aliphatic carbocycles. The largest absolute Gasteiger partial charge is 0.401 e. The summed E-state index contributed by atoms with van der Waals surface area (Å²) in [5.41, 5.74) is 2.17. The highest BCUT2D eigenvalue weighted by molar-refractivity contribution is 5.79. The Hall–Kier alpha value is -1.77. The molecule has 2 heterocycles. The van der Waals surface area contributed by atoms with Crippen molar-refractivity contribution in [3.05, 3.63) is 17.5 Å². The van der Waals surface area contributed by atoms with E-state index in [-0.39, 0.29) is 5.92 Å². The molecular weight excluding hydrogens is 357 g/mol. The Kier molecular flexibility index (Phi) is 7.94. The van der Waals surface area contributed by atoms with Gasteiger partial charge < -0.3 is 10.6 Å². The molecular formula is C18H31F3N6. The summed E-state index contributed by atoms with van der Waals surface area (Å²) in [4.78, 5) is 6.02. The maximum atomic E-state index is 12.5. The van der Waals surface area contributed by atoms with E-state index in [1.165, 1.54) is 4.90 Å². The van der Waals surface area contributed by atoms with Crippen LogP contribution in [0.4, 0.5) is 13.2 Å². The highest BCUT2D eigenvalue weighted by Crippen LogP contribution is 2.22. The van der Waals surface area contributed by atoms with Gasteiger partial charge in [0.05, 0.1) is 12.2 Å². The molecule has 0 spiro atoms. The van der Waals surface area contributed by atoms with Gasteiger partial charge in [-0.25, -0.2) is 0 Å². The Morgan fingerprint density at radius 1 is 1.33 bits per heavy atom. The SMILES string of the molecule is CCNC(=NCC1CCN(CC(F)(F)F)C1)NCCCn1nc(C)cc1C. The molecule has 1 aromatic rings. The molecule has 2 rings (SSSR count). The smallest absolute Gasteiger partial charge is 0.357 e. The number of aryl methyl sites for hydroxylation is 3. The number of hydrogen-bond donors (Lipinski definition) is 2. The van der Waals surface area contributed by atoms with Crippen molar-refractivity contribution in [3.8, 4) is 0 Å². The van der Waals surface area contributed by atoms with E-state index in [1.54, 1.807) is 0 Å². The molecule has 2 N–H and O–H groups in total. The number of aromatic nitrogens is 2. The van der Waals surface area contributed by atoms with E-state index in [0.29, 0.717) is 19.6 Å². The number of aliphatic imine (C=N–C) groups is 1. The minimum atomic E-state index is -4.12. The number of rotatable bonds is 8. The highest BCUT2D eigenvalue weighted by Gasteiger charge is 2.34. The van der Waals surface area contributed by atoms with E-state index in [9.17, 15) is 13.2 Å². The van der Waals surface area contributed by atoms with Gasteiger partial charge in [-0.15, -0.1) is 0 Å². The first-order valence-corrected chi connectivity index (χ1v) is 9.59. The molecule has 0 aromatic carbocycles. The monoisotopic (exact) mass is 388 g/mol. The molecule has 154 valence electrons. The summed E-state index contributed by atoms with van der Waals surface area (Å²) >= 11 is 0. The number of guanidine groups is 1. The van der Waals surface area contributed by atoms with Gasteiger partial charge >= 0.3 is 6.18 Å². The van der Waals surface area contributed by atoms with Crippen LogP contribution in [0.15, 0.2) is 11.1 Å². The maximum Gasteiger partial charge on any atom is 0.401 e. The Morgan fingerprint density at radius 2 is 2.11 bits per heavy atom. The fourth-order valence-electron chi connectivity index (χ4n) is 3.36. The van der Waals surface area contributed by atoms with Crippen molar-refractivity contribution in [2.45, 2.75) is 46.3 Å². The van der Waals surface area contributed by atoms with Gasteiger partial charge in [0.1, 0.15) is 0 Å². The normalized spacial score (nSPS) is 18.9. The van der Waals surface area contributed by atoms with Crippen molar-refractivity contribution in [2.75, 3.05) is 39.3 Å². The van der Waals surface area contributed by atoms with Crippen LogP contribution in [0.2, 0.25) is 0 Å². The first kappa shape index (κ1) is 21.5. The number of likely N-dealkylation sites (tertiary alicyclic amines) is 1. The zero-order valence-electron chi connectivity index (χ0n) is 16.4. The third-order valence-corrected chi connectivity index (χ3v) is 4.57. The van der Waals surface area contributed by atoms with Crippen LogP contribution < -0.4 is 10.6 Å². The fourth-order valence-corrected chi connectivity index (χ4v) is 3.36. The van der Waals surface area contributed by atoms with Gasteiger partial charge in [-0.2, -0.15) is 18.3 Å². The zero-order valence-corrected chi connectivity index (χ0v) is 16.4. The van der Waals surface area contributed by atoms with Crippen molar-refractivity contribution < 1.29 is 13.2 Å². The number of nitrogens with zero attached hydrogens (tertiary/aromatic N) is 4. The molecule has 1 aromatic heterocycles. The van der Waals surface area contributed by atoms with Crippen molar-refractivity contribution in [1.29, 1.82) is 0 Å². The average molecular weight is 388 g/mol. The number of nitrogens with one attached hydrogen (secondary N) is 2. The summed E-state index contributed by atoms with van der Waals surface area (Å²) in [6.45, 7) is 9.03. The predicted molar refractivity (Wildman–Crippen MR) is 101 cm³/mol. The fraction of sp³-hybridized carbons (Fsp3) is 0.778. The molecule has 1 aliphatic rings. The second-order valence-electron chi connectivity index (χ2n) is 7.16. The standard InChI is InChI=1S/C18H31F3N6/c1-4-22-17(23-7-5-8-27-15(3)10-14(2)25-27)24-11-16-6-9-26(12-16)13-18(19,20)21/h10,16H,4-9,11-13H2,1-3H3,(H2,22,23,24). The van der Waals surface area contributed by atoms with Gasteiger partial charge in [0.15, 0.2) is 5.96 Å². The molecule has 9 heteroatoms. The summed E-state index contributed by atoms with van der Waals surface area (Å²) in [5.74, 6) is 0.901. The van der Waals surface area contributed by atoms with Crippen molar-refractivity contribution in [2.24, 2.45) is 10.9 Å². The predicted octanol–water partition coefficient (Wildman–Crippen LogP) is 2.33. The summed E-state index contributed by atoms with van der Waals surface area (Å²) in [6, 6.07) is 2.06. The topological polar surface area (TPSA) is 57.5 Å². The lowest BCUT2D eigenvalue weighted by Gasteiger charge is -2.17. The summed E-state index contributed by atoms with van der Waals surface area (Å²) < 4.78 is 39.4. The molecule has 27 heavy (non-hydrogen) atoms. The summed E-state index contributed by atoms with van der Waals surface area (Å²) in [6.07, 6.45) is -2.45. The molecule has 0 amide bonds. The van der Waals surface area contributed by atoms with Crippen molar-refractivity contribution in [3.63, 3.8) is 0 Å². The molecule has 1 saturated heterocycles. The number of alkyl halides is 3. The molecule has 6 nitrogen and oxygen atoms in total. The van der Waals surface area contributed by atoms with Gasteiger partial charge in [-0.1, -0.05) is 0 Å². The van der Waals surface area contributed by atoms with Gasteiger partial charge in [0, 0.05) is 38.4 Å². The van der Waals surface area contributed by atoms with E-state index in [4.69, 9.17) is 0 Å². The van der Waals surface area contributed by atoms with E-state index in [2.05, 4.69) is 26.8 Å². The van der Waals surface area contributed by atoms with E-state index in [1.807, 2.05) is 25.5 Å². The van der Waals surface area contributed by atoms with Crippen LogP contribution in [-0.4, -0.2) is 66.1 Å². The molecule has 0 bridgehead atoms. The lowest BCUT2D eigenvalue weighted by atomic mass is 10.1. The van der Waals surface area contributed by atoms with E-state index >= 15 is 0 Å². The minimum Gasteiger partial charge on any atom is -0.357 e. The molecule has 0 saturated carbocycles. The lowest BCUT2D eigenvalue weighted by Crippen LogP contribution is -2.38. The lowest BCUT2D eigenvalue weighted by molar-refractivity contribution is -0.143. The van der Waals surface area contributed by atoms with Crippen LogP contribution in [-0.2, 0) is 6.54 Å². The van der Waals surface area contributed by atoms with Crippen LogP contribution in [0.25, 0.3) is 0 Å². The van der Waals surface area contributed by atoms with Gasteiger partial charge in [-0.05, 0) is 52.1 Å².